The zero-order valence-corrected chi connectivity index (χ0v) is 15.0. The van der Waals surface area contributed by atoms with Gasteiger partial charge < -0.3 is 14.2 Å². The van der Waals surface area contributed by atoms with E-state index in [2.05, 4.69) is 0 Å². The standard InChI is InChI=1S/C18H16N2O8/c1-9(21)27-8-18-6-5-13(28-18)14-15(18)17(23)19(16(14)22)11-7-10(20(24)25)3-4-12(11)26-2/h3-7,13-15H,8H2,1-2H3/t13-,14-,15-,18+/m1/s1. The summed E-state index contributed by atoms with van der Waals surface area (Å²) in [6, 6.07) is 3.69. The van der Waals surface area contributed by atoms with Gasteiger partial charge >= 0.3 is 5.97 Å². The highest BCUT2D eigenvalue weighted by molar-refractivity contribution is 6.24. The van der Waals surface area contributed by atoms with Gasteiger partial charge in [0.25, 0.3) is 5.69 Å². The molecule has 0 radical (unpaired) electrons. The van der Waals surface area contributed by atoms with Gasteiger partial charge in [-0.15, -0.1) is 0 Å². The van der Waals surface area contributed by atoms with Crippen molar-refractivity contribution in [3.8, 4) is 5.75 Å². The van der Waals surface area contributed by atoms with E-state index in [9.17, 15) is 24.5 Å². The molecule has 146 valence electrons. The highest BCUT2D eigenvalue weighted by Gasteiger charge is 2.68. The number of esters is 1. The molecule has 2 fully saturated rings. The quantitative estimate of drug-likeness (QED) is 0.240. The Labute approximate surface area is 158 Å². The van der Waals surface area contributed by atoms with Gasteiger partial charge in [0.15, 0.2) is 0 Å². The molecule has 3 aliphatic heterocycles. The van der Waals surface area contributed by atoms with Gasteiger partial charge in [-0.1, -0.05) is 6.08 Å². The Bertz CT molecular complexity index is 942. The van der Waals surface area contributed by atoms with Crippen molar-refractivity contribution in [2.24, 2.45) is 11.8 Å². The molecule has 3 aliphatic rings. The first kappa shape index (κ1) is 18.1. The van der Waals surface area contributed by atoms with Gasteiger partial charge in [0.2, 0.25) is 11.8 Å². The molecule has 0 saturated carbocycles. The van der Waals surface area contributed by atoms with E-state index in [1.54, 1.807) is 12.2 Å². The zero-order chi connectivity index (χ0) is 20.2. The lowest BCUT2D eigenvalue weighted by molar-refractivity contribution is -0.384. The van der Waals surface area contributed by atoms with E-state index >= 15 is 0 Å². The number of imide groups is 1. The van der Waals surface area contributed by atoms with E-state index in [1.807, 2.05) is 0 Å². The number of carbonyl (C=O) groups is 3. The van der Waals surface area contributed by atoms with Crippen molar-refractivity contribution in [3.63, 3.8) is 0 Å². The largest absolute Gasteiger partial charge is 0.495 e. The van der Waals surface area contributed by atoms with Gasteiger partial charge in [-0.25, -0.2) is 4.90 Å². The molecule has 10 nitrogen and oxygen atoms in total. The molecule has 3 heterocycles. The first-order valence-corrected chi connectivity index (χ1v) is 8.50. The first-order valence-electron chi connectivity index (χ1n) is 8.50. The number of rotatable bonds is 5. The number of anilines is 1. The molecule has 10 heteroatoms. The number of amides is 2. The second kappa shape index (κ2) is 6.13. The number of carbonyl (C=O) groups excluding carboxylic acids is 3. The summed E-state index contributed by atoms with van der Waals surface area (Å²) in [6.45, 7) is 1.04. The number of hydrogen-bond donors (Lipinski definition) is 0. The predicted octanol–water partition coefficient (Wildman–Crippen LogP) is 0.979. The third kappa shape index (κ3) is 2.41. The van der Waals surface area contributed by atoms with Gasteiger partial charge in [-0.05, 0) is 12.1 Å². The fraction of sp³-hybridized carbons (Fsp3) is 0.389. The molecule has 2 saturated heterocycles. The van der Waals surface area contributed by atoms with Crippen LogP contribution in [0.2, 0.25) is 0 Å². The fourth-order valence-corrected chi connectivity index (χ4v) is 4.09. The van der Waals surface area contributed by atoms with Crippen molar-refractivity contribution < 1.29 is 33.5 Å². The Morgan fingerprint density at radius 3 is 2.75 bits per heavy atom. The minimum atomic E-state index is -1.23. The summed E-state index contributed by atoms with van der Waals surface area (Å²) in [5.41, 5.74) is -1.50. The molecule has 0 unspecified atom stereocenters. The summed E-state index contributed by atoms with van der Waals surface area (Å²) >= 11 is 0. The number of nitrogens with zero attached hydrogens (tertiary/aromatic N) is 2. The van der Waals surface area contributed by atoms with Crippen LogP contribution < -0.4 is 9.64 Å². The summed E-state index contributed by atoms with van der Waals surface area (Å²) in [4.78, 5) is 49.0. The number of ether oxygens (including phenoxy) is 3. The Morgan fingerprint density at radius 2 is 2.11 bits per heavy atom. The second-order valence-electron chi connectivity index (χ2n) is 6.81. The lowest BCUT2D eigenvalue weighted by atomic mass is 9.77. The van der Waals surface area contributed by atoms with Crippen molar-refractivity contribution in [2.75, 3.05) is 18.6 Å². The maximum absolute atomic E-state index is 13.2. The highest BCUT2D eigenvalue weighted by atomic mass is 16.6. The molecule has 0 spiro atoms. The maximum Gasteiger partial charge on any atom is 0.302 e. The lowest BCUT2D eigenvalue weighted by Crippen LogP contribution is -2.44. The average molecular weight is 388 g/mol. The van der Waals surface area contributed by atoms with Crippen molar-refractivity contribution in [2.45, 2.75) is 18.6 Å². The minimum Gasteiger partial charge on any atom is -0.495 e. The summed E-state index contributed by atoms with van der Waals surface area (Å²) in [7, 11) is 1.34. The summed E-state index contributed by atoms with van der Waals surface area (Å²) in [5, 5.41) is 11.1. The van der Waals surface area contributed by atoms with Crippen LogP contribution in [-0.4, -0.2) is 48.1 Å². The second-order valence-corrected chi connectivity index (χ2v) is 6.81. The molecule has 28 heavy (non-hydrogen) atoms. The van der Waals surface area contributed by atoms with Crippen molar-refractivity contribution in [1.29, 1.82) is 0 Å². The zero-order valence-electron chi connectivity index (χ0n) is 15.0. The number of hydrogen-bond acceptors (Lipinski definition) is 8. The van der Waals surface area contributed by atoms with Crippen molar-refractivity contribution in [3.05, 3.63) is 40.5 Å². The molecule has 4 atom stereocenters. The van der Waals surface area contributed by atoms with E-state index in [1.165, 1.54) is 26.2 Å². The molecule has 2 bridgehead atoms. The lowest BCUT2D eigenvalue weighted by Gasteiger charge is -2.28. The smallest absolute Gasteiger partial charge is 0.302 e. The molecular formula is C18H16N2O8. The van der Waals surface area contributed by atoms with E-state index < -0.39 is 46.2 Å². The molecule has 0 N–H and O–H groups in total. The number of nitro groups is 1. The van der Waals surface area contributed by atoms with Gasteiger partial charge in [0.05, 0.1) is 30.0 Å². The van der Waals surface area contributed by atoms with Crippen molar-refractivity contribution in [1.82, 2.24) is 0 Å². The first-order chi connectivity index (χ1) is 13.3. The summed E-state index contributed by atoms with van der Waals surface area (Å²) in [5.74, 6) is -3.18. The van der Waals surface area contributed by atoms with Gasteiger partial charge in [-0.3, -0.25) is 24.5 Å². The molecular weight excluding hydrogens is 372 g/mol. The van der Waals surface area contributed by atoms with Crippen LogP contribution in [0.25, 0.3) is 0 Å². The van der Waals surface area contributed by atoms with Crippen LogP contribution in [0.4, 0.5) is 11.4 Å². The Morgan fingerprint density at radius 1 is 1.36 bits per heavy atom. The number of methoxy groups -OCH3 is 1. The molecule has 2 amide bonds. The number of fused-ring (bicyclic) bond motifs is 5. The fourth-order valence-electron chi connectivity index (χ4n) is 4.09. The van der Waals surface area contributed by atoms with Crippen LogP contribution in [0, 0.1) is 22.0 Å². The van der Waals surface area contributed by atoms with Gasteiger partial charge in [-0.2, -0.15) is 0 Å². The Hall–Kier alpha value is -3.27. The van der Waals surface area contributed by atoms with Crippen LogP contribution >= 0.6 is 0 Å². The molecule has 1 aromatic rings. The summed E-state index contributed by atoms with van der Waals surface area (Å²) < 4.78 is 16.1. The minimum absolute atomic E-state index is 0.00290. The highest BCUT2D eigenvalue weighted by Crippen LogP contribution is 2.53. The normalized spacial score (nSPS) is 29.9. The van der Waals surface area contributed by atoms with Crippen LogP contribution in [0.1, 0.15) is 6.92 Å². The van der Waals surface area contributed by atoms with Gasteiger partial charge in [0.1, 0.15) is 23.6 Å². The maximum atomic E-state index is 13.2. The van der Waals surface area contributed by atoms with Gasteiger partial charge in [0, 0.05) is 19.1 Å². The Balaban J connectivity index is 1.75. The summed E-state index contributed by atoms with van der Waals surface area (Å²) in [6.07, 6.45) is 2.68. The van der Waals surface area contributed by atoms with Crippen LogP contribution in [-0.2, 0) is 23.9 Å². The van der Waals surface area contributed by atoms with Crippen molar-refractivity contribution >= 4 is 29.2 Å². The molecule has 0 aromatic heterocycles. The number of non-ortho nitro benzene ring substituents is 1. The average Bonchev–Trinajstić information content (AvgIpc) is 3.30. The number of nitro benzene ring substituents is 1. The van der Waals surface area contributed by atoms with E-state index in [4.69, 9.17) is 14.2 Å². The predicted molar refractivity (Wildman–Crippen MR) is 92.5 cm³/mol. The van der Waals surface area contributed by atoms with E-state index in [-0.39, 0.29) is 23.7 Å². The molecule has 1 aromatic carbocycles. The third-order valence-corrected chi connectivity index (χ3v) is 5.27. The van der Waals surface area contributed by atoms with Crippen LogP contribution in [0.15, 0.2) is 30.4 Å². The monoisotopic (exact) mass is 388 g/mol. The van der Waals surface area contributed by atoms with E-state index in [0.29, 0.717) is 0 Å². The SMILES string of the molecule is COc1ccc([N+](=O)[O-])cc1N1C(=O)[C@@H]2[C@H]3C=C[C@@](COC(C)=O)(O3)[C@H]2C1=O. The van der Waals surface area contributed by atoms with Crippen LogP contribution in [0.5, 0.6) is 5.75 Å². The topological polar surface area (TPSA) is 125 Å². The third-order valence-electron chi connectivity index (χ3n) is 5.27. The van der Waals surface area contributed by atoms with Crippen LogP contribution in [0.3, 0.4) is 0 Å². The molecule has 0 aliphatic carbocycles. The van der Waals surface area contributed by atoms with E-state index in [0.717, 1.165) is 11.0 Å². The molecule has 4 rings (SSSR count). The Kier molecular flexibility index (Phi) is 3.96. The number of benzene rings is 1.